The number of aromatic nitrogens is 2. The van der Waals surface area contributed by atoms with Crippen LogP contribution in [0.1, 0.15) is 11.1 Å². The van der Waals surface area contributed by atoms with Gasteiger partial charge in [0.1, 0.15) is 29.6 Å². The summed E-state index contributed by atoms with van der Waals surface area (Å²) in [7, 11) is 0. The molecule has 1 heterocycles. The standard InChI is InChI=1S/C13H15F2N5/c1-8-12(18-7-19-13(8)20-16)17-3-2-9-4-10(14)6-11(15)5-9/h4-7H,2-3,16H2,1H3,(H2,17,18,19,20). The van der Waals surface area contributed by atoms with Crippen LogP contribution in [0.3, 0.4) is 0 Å². The molecule has 20 heavy (non-hydrogen) atoms. The van der Waals surface area contributed by atoms with E-state index in [1.807, 2.05) is 6.92 Å². The van der Waals surface area contributed by atoms with E-state index in [0.29, 0.717) is 30.2 Å². The number of hydrogen-bond acceptors (Lipinski definition) is 5. The van der Waals surface area contributed by atoms with E-state index in [1.165, 1.54) is 18.5 Å². The summed E-state index contributed by atoms with van der Waals surface area (Å²) in [5.74, 6) is 5.33. The zero-order chi connectivity index (χ0) is 14.5. The van der Waals surface area contributed by atoms with Gasteiger partial charge in [-0.05, 0) is 31.0 Å². The van der Waals surface area contributed by atoms with Crippen molar-refractivity contribution in [3.05, 3.63) is 47.3 Å². The van der Waals surface area contributed by atoms with E-state index < -0.39 is 11.6 Å². The summed E-state index contributed by atoms with van der Waals surface area (Å²) in [5, 5.41) is 3.08. The SMILES string of the molecule is Cc1c(NN)ncnc1NCCc1cc(F)cc(F)c1. The fourth-order valence-corrected chi connectivity index (χ4v) is 1.85. The van der Waals surface area contributed by atoms with E-state index in [-0.39, 0.29) is 0 Å². The molecule has 1 aromatic heterocycles. The Kier molecular flexibility index (Phi) is 4.41. The summed E-state index contributed by atoms with van der Waals surface area (Å²) in [6.45, 7) is 2.31. The van der Waals surface area contributed by atoms with Gasteiger partial charge in [0, 0.05) is 18.2 Å². The Hall–Kier alpha value is -2.28. The second-order valence-electron chi connectivity index (χ2n) is 4.29. The van der Waals surface area contributed by atoms with Gasteiger partial charge in [-0.1, -0.05) is 0 Å². The maximum absolute atomic E-state index is 13.0. The largest absolute Gasteiger partial charge is 0.369 e. The first-order chi connectivity index (χ1) is 9.60. The molecule has 0 unspecified atom stereocenters. The van der Waals surface area contributed by atoms with Crippen LogP contribution >= 0.6 is 0 Å². The van der Waals surface area contributed by atoms with Gasteiger partial charge in [-0.2, -0.15) is 0 Å². The Balaban J connectivity index is 1.99. The molecule has 1 aromatic carbocycles. The molecule has 0 saturated heterocycles. The topological polar surface area (TPSA) is 75.9 Å². The molecule has 0 amide bonds. The van der Waals surface area contributed by atoms with Crippen molar-refractivity contribution in [3.8, 4) is 0 Å². The lowest BCUT2D eigenvalue weighted by atomic mass is 10.1. The van der Waals surface area contributed by atoms with E-state index >= 15 is 0 Å². The Morgan fingerprint density at radius 1 is 1.10 bits per heavy atom. The maximum atomic E-state index is 13.0. The zero-order valence-corrected chi connectivity index (χ0v) is 11.0. The molecule has 0 spiro atoms. The maximum Gasteiger partial charge on any atom is 0.148 e. The van der Waals surface area contributed by atoms with Gasteiger partial charge in [0.05, 0.1) is 0 Å². The molecule has 0 bridgehead atoms. The molecule has 4 N–H and O–H groups in total. The zero-order valence-electron chi connectivity index (χ0n) is 11.0. The molecular weight excluding hydrogens is 264 g/mol. The number of rotatable bonds is 5. The molecule has 5 nitrogen and oxygen atoms in total. The highest BCUT2D eigenvalue weighted by Gasteiger charge is 2.06. The minimum atomic E-state index is -0.576. The highest BCUT2D eigenvalue weighted by molar-refractivity contribution is 5.55. The van der Waals surface area contributed by atoms with E-state index in [2.05, 4.69) is 20.7 Å². The minimum Gasteiger partial charge on any atom is -0.369 e. The second-order valence-corrected chi connectivity index (χ2v) is 4.29. The van der Waals surface area contributed by atoms with E-state index in [1.54, 1.807) is 0 Å². The summed E-state index contributed by atoms with van der Waals surface area (Å²) in [4.78, 5) is 8.05. The summed E-state index contributed by atoms with van der Waals surface area (Å²) >= 11 is 0. The van der Waals surface area contributed by atoms with Crippen LogP contribution in [0.4, 0.5) is 20.4 Å². The number of nitrogens with two attached hydrogens (primary N) is 1. The number of hydrazine groups is 1. The van der Waals surface area contributed by atoms with Gasteiger partial charge < -0.3 is 10.7 Å². The monoisotopic (exact) mass is 279 g/mol. The molecule has 0 radical (unpaired) electrons. The second kappa shape index (κ2) is 6.25. The van der Waals surface area contributed by atoms with Crippen LogP contribution in [0.2, 0.25) is 0 Å². The number of hydrogen-bond donors (Lipinski definition) is 3. The Morgan fingerprint density at radius 3 is 2.40 bits per heavy atom. The number of benzene rings is 1. The third-order valence-corrected chi connectivity index (χ3v) is 2.85. The van der Waals surface area contributed by atoms with Gasteiger partial charge in [-0.3, -0.25) is 0 Å². The average Bonchev–Trinajstić information content (AvgIpc) is 2.39. The van der Waals surface area contributed by atoms with Gasteiger partial charge in [0.2, 0.25) is 0 Å². The van der Waals surface area contributed by atoms with Crippen LogP contribution in [0.5, 0.6) is 0 Å². The van der Waals surface area contributed by atoms with Gasteiger partial charge >= 0.3 is 0 Å². The van der Waals surface area contributed by atoms with Crippen LogP contribution in [0.25, 0.3) is 0 Å². The van der Waals surface area contributed by atoms with E-state index in [0.717, 1.165) is 11.6 Å². The quantitative estimate of drug-likeness (QED) is 0.576. The Morgan fingerprint density at radius 2 is 1.75 bits per heavy atom. The molecule has 0 aliphatic rings. The van der Waals surface area contributed by atoms with Gasteiger partial charge in [-0.15, -0.1) is 0 Å². The Labute approximate surface area is 115 Å². The predicted molar refractivity (Wildman–Crippen MR) is 73.1 cm³/mol. The normalized spacial score (nSPS) is 10.4. The predicted octanol–water partition coefficient (Wildman–Crippen LogP) is 2.00. The molecule has 0 atom stereocenters. The number of anilines is 2. The number of halogens is 2. The summed E-state index contributed by atoms with van der Waals surface area (Å²) in [6.07, 6.45) is 1.86. The molecule has 106 valence electrons. The van der Waals surface area contributed by atoms with Crippen molar-refractivity contribution in [2.75, 3.05) is 17.3 Å². The van der Waals surface area contributed by atoms with Crippen LogP contribution < -0.4 is 16.6 Å². The Bertz CT molecular complexity index is 583. The fourth-order valence-electron chi connectivity index (χ4n) is 1.85. The first kappa shape index (κ1) is 14.1. The first-order valence-electron chi connectivity index (χ1n) is 6.07. The fraction of sp³-hybridized carbons (Fsp3) is 0.231. The van der Waals surface area contributed by atoms with Gasteiger partial charge in [-0.25, -0.2) is 24.6 Å². The van der Waals surface area contributed by atoms with Crippen molar-refractivity contribution in [1.29, 1.82) is 0 Å². The lowest BCUT2D eigenvalue weighted by Crippen LogP contribution is -2.13. The highest BCUT2D eigenvalue weighted by atomic mass is 19.1. The summed E-state index contributed by atoms with van der Waals surface area (Å²) in [6, 6.07) is 3.47. The molecule has 2 rings (SSSR count). The average molecular weight is 279 g/mol. The number of nitrogens with one attached hydrogen (secondary N) is 2. The molecule has 0 aliphatic heterocycles. The molecule has 0 fully saturated rings. The van der Waals surface area contributed by atoms with Crippen molar-refractivity contribution < 1.29 is 8.78 Å². The smallest absolute Gasteiger partial charge is 0.148 e. The number of nitrogens with zero attached hydrogens (tertiary/aromatic N) is 2. The first-order valence-corrected chi connectivity index (χ1v) is 6.07. The lowest BCUT2D eigenvalue weighted by Gasteiger charge is -2.10. The molecule has 0 aliphatic carbocycles. The minimum absolute atomic E-state index is 0.476. The van der Waals surface area contributed by atoms with Crippen molar-refractivity contribution in [2.24, 2.45) is 5.84 Å². The van der Waals surface area contributed by atoms with E-state index in [9.17, 15) is 8.78 Å². The van der Waals surface area contributed by atoms with Crippen molar-refractivity contribution in [2.45, 2.75) is 13.3 Å². The van der Waals surface area contributed by atoms with E-state index in [4.69, 9.17) is 5.84 Å². The molecule has 7 heteroatoms. The molecule has 0 saturated carbocycles. The van der Waals surface area contributed by atoms with Crippen molar-refractivity contribution in [1.82, 2.24) is 9.97 Å². The van der Waals surface area contributed by atoms with Crippen LogP contribution in [0.15, 0.2) is 24.5 Å². The summed E-state index contributed by atoms with van der Waals surface area (Å²) < 4.78 is 26.1. The lowest BCUT2D eigenvalue weighted by molar-refractivity contribution is 0.580. The van der Waals surface area contributed by atoms with Crippen LogP contribution in [0, 0.1) is 18.6 Å². The third-order valence-electron chi connectivity index (χ3n) is 2.85. The van der Waals surface area contributed by atoms with Crippen molar-refractivity contribution >= 4 is 11.6 Å². The third kappa shape index (κ3) is 3.39. The van der Waals surface area contributed by atoms with Gasteiger partial charge in [0.15, 0.2) is 0 Å². The van der Waals surface area contributed by atoms with Crippen molar-refractivity contribution in [3.63, 3.8) is 0 Å². The number of nitrogen functional groups attached to an aromatic ring is 1. The molecule has 2 aromatic rings. The molecular formula is C13H15F2N5. The highest BCUT2D eigenvalue weighted by Crippen LogP contribution is 2.17. The van der Waals surface area contributed by atoms with Gasteiger partial charge in [0.25, 0.3) is 0 Å². The summed E-state index contributed by atoms with van der Waals surface area (Å²) in [5.41, 5.74) is 3.83. The van der Waals surface area contributed by atoms with Crippen LogP contribution in [-0.4, -0.2) is 16.5 Å². The van der Waals surface area contributed by atoms with Crippen LogP contribution in [-0.2, 0) is 6.42 Å².